The zero-order valence-corrected chi connectivity index (χ0v) is 22.2. The van der Waals surface area contributed by atoms with Crippen LogP contribution in [0.1, 0.15) is 28.0 Å². The molecule has 1 aliphatic rings. The van der Waals surface area contributed by atoms with Crippen LogP contribution in [0.2, 0.25) is 5.02 Å². The molecule has 0 saturated heterocycles. The van der Waals surface area contributed by atoms with Crippen molar-refractivity contribution in [3.8, 4) is 0 Å². The fourth-order valence-electron chi connectivity index (χ4n) is 4.28. The predicted octanol–water partition coefficient (Wildman–Crippen LogP) is 1.58. The van der Waals surface area contributed by atoms with E-state index in [1.807, 2.05) is 28.3 Å². The van der Waals surface area contributed by atoms with Gasteiger partial charge in [-0.05, 0) is 40.6 Å². The number of fused-ring (bicyclic) bond motifs is 1. The first kappa shape index (κ1) is 26.6. The van der Waals surface area contributed by atoms with Gasteiger partial charge in [0.2, 0.25) is 5.78 Å². The van der Waals surface area contributed by atoms with E-state index in [0.29, 0.717) is 11.6 Å². The van der Waals surface area contributed by atoms with Crippen LogP contribution in [0.25, 0.3) is 10.1 Å². The number of hydrogen-bond acceptors (Lipinski definition) is 11. The number of halogens is 1. The Morgan fingerprint density at radius 2 is 2.11 bits per heavy atom. The molecule has 3 aromatic heterocycles. The van der Waals surface area contributed by atoms with Crippen LogP contribution in [0.4, 0.5) is 5.82 Å². The van der Waals surface area contributed by atoms with E-state index in [1.54, 1.807) is 28.3 Å². The quantitative estimate of drug-likeness (QED) is 0.214. The van der Waals surface area contributed by atoms with Crippen molar-refractivity contribution in [2.75, 3.05) is 12.4 Å². The summed E-state index contributed by atoms with van der Waals surface area (Å²) in [7, 11) is -2.92. The minimum absolute atomic E-state index is 0.0614. The highest BCUT2D eigenvalue weighted by Crippen LogP contribution is 2.30. The Kier molecular flexibility index (Phi) is 7.46. The zero-order valence-electron chi connectivity index (χ0n) is 19.9. The van der Waals surface area contributed by atoms with Crippen molar-refractivity contribution in [3.63, 3.8) is 0 Å². The summed E-state index contributed by atoms with van der Waals surface area (Å²) in [6.45, 7) is 0.438. The van der Waals surface area contributed by atoms with Crippen LogP contribution in [0.15, 0.2) is 48.4 Å². The number of nitrogens with one attached hydrogen (secondary N) is 2. The molecule has 200 valence electrons. The topological polar surface area (TPSA) is 169 Å². The van der Waals surface area contributed by atoms with Gasteiger partial charge in [-0.25, -0.2) is 9.97 Å². The Morgan fingerprint density at radius 3 is 2.89 bits per heavy atom. The van der Waals surface area contributed by atoms with Gasteiger partial charge >= 0.3 is 10.3 Å². The van der Waals surface area contributed by atoms with Crippen molar-refractivity contribution in [2.24, 2.45) is 0 Å². The van der Waals surface area contributed by atoms with Crippen molar-refractivity contribution in [3.05, 3.63) is 70.2 Å². The van der Waals surface area contributed by atoms with E-state index in [4.69, 9.17) is 15.8 Å². The second-order valence-corrected chi connectivity index (χ2v) is 11.5. The molecule has 1 fully saturated rings. The molecule has 1 saturated carbocycles. The summed E-state index contributed by atoms with van der Waals surface area (Å²) in [6.07, 6.45) is 0.130. The second-order valence-electron chi connectivity index (χ2n) is 8.67. The summed E-state index contributed by atoms with van der Waals surface area (Å²) in [6, 6.07) is 6.43. The Morgan fingerprint density at radius 1 is 1.29 bits per heavy atom. The third-order valence-electron chi connectivity index (χ3n) is 6.23. The molecular weight excluding hydrogens is 556 g/mol. The lowest BCUT2D eigenvalue weighted by Gasteiger charge is -2.19. The van der Waals surface area contributed by atoms with Crippen molar-refractivity contribution < 1.29 is 27.6 Å². The number of thiophene rings is 1. The highest BCUT2D eigenvalue weighted by atomic mass is 35.5. The number of aliphatic hydroxyl groups is 2. The summed E-state index contributed by atoms with van der Waals surface area (Å²) in [5.74, 6) is -0.352. The average Bonchev–Trinajstić information content (AvgIpc) is 3.59. The van der Waals surface area contributed by atoms with Crippen molar-refractivity contribution >= 4 is 54.9 Å². The highest BCUT2D eigenvalue weighted by molar-refractivity contribution is 7.84. The fraction of sp³-hybridized carbons (Fsp3) is 0.304. The number of aliphatic hydroxyl groups excluding tert-OH is 2. The molecule has 0 spiro atoms. The minimum Gasteiger partial charge on any atom is -0.388 e. The number of rotatable bonds is 9. The maximum Gasteiger partial charge on any atom is 0.335 e. The van der Waals surface area contributed by atoms with Crippen LogP contribution >= 0.6 is 22.9 Å². The molecule has 1 aliphatic carbocycles. The van der Waals surface area contributed by atoms with Gasteiger partial charge in [-0.15, -0.1) is 11.3 Å². The molecule has 1 aromatic carbocycles. The van der Waals surface area contributed by atoms with Gasteiger partial charge in [0.15, 0.2) is 0 Å². The van der Waals surface area contributed by atoms with Crippen molar-refractivity contribution in [1.82, 2.24) is 24.5 Å². The van der Waals surface area contributed by atoms with E-state index in [1.165, 1.54) is 19.6 Å². The first-order valence-electron chi connectivity index (χ1n) is 11.4. The molecule has 4 atom stereocenters. The molecule has 38 heavy (non-hydrogen) atoms. The molecule has 0 unspecified atom stereocenters. The number of benzene rings is 1. The van der Waals surface area contributed by atoms with Gasteiger partial charge in [-0.1, -0.05) is 11.6 Å². The molecule has 0 radical (unpaired) electrons. The highest BCUT2D eigenvalue weighted by Gasteiger charge is 2.44. The van der Waals surface area contributed by atoms with Crippen LogP contribution in [-0.4, -0.2) is 75.6 Å². The summed E-state index contributed by atoms with van der Waals surface area (Å²) >= 11 is 7.75. The lowest BCUT2D eigenvalue weighted by molar-refractivity contribution is -0.00882. The van der Waals surface area contributed by atoms with E-state index in [9.17, 15) is 23.4 Å². The van der Waals surface area contributed by atoms with Gasteiger partial charge in [-0.2, -0.15) is 18.2 Å². The van der Waals surface area contributed by atoms with Gasteiger partial charge in [0, 0.05) is 35.6 Å². The van der Waals surface area contributed by atoms with Gasteiger partial charge in [0.1, 0.15) is 36.2 Å². The normalized spacial score (nSPS) is 21.7. The number of carbonyl (C=O) groups is 1. The summed E-state index contributed by atoms with van der Waals surface area (Å²) in [4.78, 5) is 21.4. The Balaban J connectivity index is 1.33. The summed E-state index contributed by atoms with van der Waals surface area (Å²) in [5.41, 5.74) is 1.28. The van der Waals surface area contributed by atoms with Gasteiger partial charge in [-0.3, -0.25) is 13.7 Å². The predicted molar refractivity (Wildman–Crippen MR) is 141 cm³/mol. The number of hydrogen-bond donors (Lipinski definition) is 4. The first-order valence-corrected chi connectivity index (χ1v) is 14.1. The maximum absolute atomic E-state index is 13.3. The monoisotopic (exact) mass is 578 g/mol. The Labute approximate surface area is 226 Å². The number of nitrogens with zero attached hydrogens (tertiary/aromatic N) is 4. The Bertz CT molecular complexity index is 1590. The Hall–Kier alpha value is -2.98. The third kappa shape index (κ3) is 5.42. The molecule has 5 rings (SSSR count). The lowest BCUT2D eigenvalue weighted by Crippen LogP contribution is -2.38. The lowest BCUT2D eigenvalue weighted by atomic mass is 10.1. The largest absolute Gasteiger partial charge is 0.388 e. The summed E-state index contributed by atoms with van der Waals surface area (Å²) < 4.78 is 33.1. The van der Waals surface area contributed by atoms with E-state index >= 15 is 0 Å². The molecule has 3 heterocycles. The van der Waals surface area contributed by atoms with Gasteiger partial charge < -0.3 is 15.5 Å². The van der Waals surface area contributed by atoms with Gasteiger partial charge in [0.25, 0.3) is 0 Å². The molecule has 15 heteroatoms. The molecule has 0 aliphatic heterocycles. The molecule has 0 bridgehead atoms. The van der Waals surface area contributed by atoms with Crippen molar-refractivity contribution in [2.45, 2.75) is 37.3 Å². The minimum atomic E-state index is -4.09. The average molecular weight is 579 g/mol. The van der Waals surface area contributed by atoms with Crippen LogP contribution < -0.4 is 10.0 Å². The van der Waals surface area contributed by atoms with E-state index < -0.39 is 40.4 Å². The molecule has 0 amide bonds. The zero-order chi connectivity index (χ0) is 27.0. The SMILES string of the molecule is CNS(=O)(=O)O[C@@H]1C[C@@H](Nc2ncncc2C(=O)c2ccn(Cc3csc4ccc(Cl)cc34)n2)[C@H](O)[C@H]1O. The number of carbonyl (C=O) groups excluding carboxylic acids is 1. The number of ketones is 1. The number of anilines is 1. The molecule has 4 aromatic rings. The van der Waals surface area contributed by atoms with Crippen LogP contribution in [-0.2, 0) is 21.0 Å². The van der Waals surface area contributed by atoms with Crippen LogP contribution in [0, 0.1) is 0 Å². The first-order chi connectivity index (χ1) is 18.1. The fourth-order valence-corrected chi connectivity index (χ4v) is 6.01. The maximum atomic E-state index is 13.3. The molecular formula is C23H23ClN6O6S2. The standard InChI is InChI=1S/C23H23ClN6O6S2/c1-25-38(34,35)36-18-7-17(21(32)22(18)33)28-23-15(8-26-11-27-23)20(31)16-4-5-30(29-16)9-12-10-37-19-3-2-13(24)6-14(12)19/h2-6,8,10-11,17-18,21-22,25,32-33H,7,9H2,1H3,(H,26,27,28)/t17-,18-,21+,22+/m1/s1. The third-order valence-corrected chi connectivity index (χ3v) is 8.48. The molecule has 4 N–H and O–H groups in total. The molecule has 12 nitrogen and oxygen atoms in total. The second kappa shape index (κ2) is 10.6. The van der Waals surface area contributed by atoms with Crippen LogP contribution in [0.3, 0.4) is 0 Å². The van der Waals surface area contributed by atoms with E-state index in [-0.39, 0.29) is 23.5 Å². The van der Waals surface area contributed by atoms with Crippen molar-refractivity contribution in [1.29, 1.82) is 0 Å². The van der Waals surface area contributed by atoms with Gasteiger partial charge in [0.05, 0.1) is 18.2 Å². The number of aromatic nitrogens is 4. The van der Waals surface area contributed by atoms with E-state index in [2.05, 4.69) is 20.4 Å². The summed E-state index contributed by atoms with van der Waals surface area (Å²) in [5, 5.41) is 31.8. The smallest absolute Gasteiger partial charge is 0.335 e. The van der Waals surface area contributed by atoms with E-state index in [0.717, 1.165) is 15.6 Å². The van der Waals surface area contributed by atoms with Crippen LogP contribution in [0.5, 0.6) is 0 Å².